The van der Waals surface area contributed by atoms with Crippen molar-refractivity contribution in [1.29, 1.82) is 0 Å². The summed E-state index contributed by atoms with van der Waals surface area (Å²) < 4.78 is 17.0. The van der Waals surface area contributed by atoms with Gasteiger partial charge in [0.2, 0.25) is 6.10 Å². The minimum absolute atomic E-state index is 0.00267. The minimum Gasteiger partial charge on any atom is -0.478 e. The normalized spacial score (nSPS) is 18.4. The van der Waals surface area contributed by atoms with Crippen LogP contribution in [0.1, 0.15) is 70.9 Å². The number of hydrogen-bond donors (Lipinski definition) is 2. The molecule has 3 aliphatic heterocycles. The number of oxime groups is 1. The van der Waals surface area contributed by atoms with Gasteiger partial charge in [-0.2, -0.15) is 0 Å². The molecule has 252 valence electrons. The summed E-state index contributed by atoms with van der Waals surface area (Å²) in [5.74, 6) is -0.621. The lowest BCUT2D eigenvalue weighted by molar-refractivity contribution is -0.148. The number of nitrogens with one attached hydrogen (secondary N) is 1. The first kappa shape index (κ1) is 32.3. The molecule has 14 heteroatoms. The number of amides is 2. The lowest BCUT2D eigenvalue weighted by Gasteiger charge is -2.40. The highest BCUT2D eigenvalue weighted by molar-refractivity contribution is 6.31. The predicted molar refractivity (Wildman–Crippen MR) is 179 cm³/mol. The Morgan fingerprint density at radius 1 is 1.02 bits per heavy atom. The lowest BCUT2D eigenvalue weighted by Crippen LogP contribution is -2.49. The van der Waals surface area contributed by atoms with Gasteiger partial charge in [0.1, 0.15) is 11.9 Å². The van der Waals surface area contributed by atoms with E-state index in [1.165, 1.54) is 41.3 Å². The molecule has 12 nitrogen and oxygen atoms in total. The van der Waals surface area contributed by atoms with E-state index in [0.717, 1.165) is 29.4 Å². The Labute approximate surface area is 286 Å². The zero-order valence-corrected chi connectivity index (χ0v) is 27.5. The molecule has 0 spiro atoms. The number of anilines is 2. The van der Waals surface area contributed by atoms with E-state index in [-0.39, 0.29) is 40.7 Å². The zero-order valence-electron chi connectivity index (χ0n) is 26.8. The van der Waals surface area contributed by atoms with Crippen LogP contribution in [0.5, 0.6) is 0 Å². The van der Waals surface area contributed by atoms with Gasteiger partial charge in [-0.15, -0.1) is 10.2 Å². The van der Waals surface area contributed by atoms with E-state index in [4.69, 9.17) is 16.4 Å². The summed E-state index contributed by atoms with van der Waals surface area (Å²) in [5.41, 5.74) is 3.39. The molecule has 4 aromatic rings. The van der Waals surface area contributed by atoms with E-state index in [1.807, 2.05) is 18.2 Å². The number of hydrogen-bond acceptors (Lipinski definition) is 8. The first-order valence-electron chi connectivity index (χ1n) is 16.0. The molecule has 7 rings (SSSR count). The maximum Gasteiger partial charge on any atom is 0.335 e. The highest BCUT2D eigenvalue weighted by Crippen LogP contribution is 2.39. The Morgan fingerprint density at radius 3 is 2.55 bits per heavy atom. The number of benzene rings is 3. The predicted octanol–water partition coefficient (Wildman–Crippen LogP) is 5.17. The van der Waals surface area contributed by atoms with Gasteiger partial charge in [0, 0.05) is 48.9 Å². The molecule has 3 aromatic carbocycles. The number of rotatable bonds is 7. The van der Waals surface area contributed by atoms with Gasteiger partial charge in [-0.1, -0.05) is 48.8 Å². The first-order chi connectivity index (χ1) is 23.6. The number of carboxylic acid groups (broad SMARTS) is 1. The van der Waals surface area contributed by atoms with Crippen molar-refractivity contribution in [2.24, 2.45) is 5.16 Å². The Morgan fingerprint density at radius 2 is 1.80 bits per heavy atom. The molecular weight excluding hydrogens is 653 g/mol. The van der Waals surface area contributed by atoms with Crippen LogP contribution < -0.4 is 10.2 Å². The van der Waals surface area contributed by atoms with Crippen LogP contribution in [0.3, 0.4) is 0 Å². The maximum atomic E-state index is 14.8. The highest BCUT2D eigenvalue weighted by atomic mass is 35.5. The van der Waals surface area contributed by atoms with Crippen LogP contribution in [0.2, 0.25) is 5.02 Å². The average molecular weight is 686 g/mol. The number of aromatic nitrogens is 3. The van der Waals surface area contributed by atoms with Crippen LogP contribution in [-0.4, -0.2) is 67.5 Å². The molecule has 0 bridgehead atoms. The second kappa shape index (κ2) is 13.0. The topological polar surface area (TPSA) is 142 Å². The Bertz CT molecular complexity index is 2000. The molecule has 1 aromatic heterocycles. The van der Waals surface area contributed by atoms with Crippen molar-refractivity contribution in [2.75, 3.05) is 23.3 Å². The van der Waals surface area contributed by atoms with Crippen LogP contribution in [0.4, 0.5) is 15.8 Å². The summed E-state index contributed by atoms with van der Waals surface area (Å²) in [6, 6.07) is 15.0. The fraction of sp³-hybridized carbons (Fsp3) is 0.314. The van der Waals surface area contributed by atoms with Crippen molar-refractivity contribution in [1.82, 2.24) is 19.7 Å². The molecule has 2 atom stereocenters. The van der Waals surface area contributed by atoms with Crippen LogP contribution >= 0.6 is 11.6 Å². The third-order valence-corrected chi connectivity index (χ3v) is 9.46. The van der Waals surface area contributed by atoms with Crippen LogP contribution in [0.15, 0.2) is 65.8 Å². The van der Waals surface area contributed by atoms with E-state index in [1.54, 1.807) is 6.07 Å². The molecular formula is C35H33ClFN7O5. The molecule has 0 saturated heterocycles. The molecule has 2 N–H and O–H groups in total. The fourth-order valence-electron chi connectivity index (χ4n) is 6.77. The van der Waals surface area contributed by atoms with E-state index in [2.05, 4.69) is 44.0 Å². The lowest BCUT2D eigenvalue weighted by atomic mass is 9.89. The standard InChI is InChI=1S/C35H33ClFN7O5/c1-19(2)32-40-39-29-18-42(15-16-43(29)32)27-8-4-5-23-22(27)13-14-44(31(23)33(45)38-21-11-9-20(10-12-21)35(47)48)34(46)28-17-26(41-49-28)24-6-3-7-25(36)30(24)37/h3-12,19,28,31H,13-18H2,1-2H3,(H,38,45)(H,47,48). The number of fused-ring (bicyclic) bond motifs is 2. The number of nitrogens with zero attached hydrogens (tertiary/aromatic N) is 6. The number of carbonyl (C=O) groups excluding carboxylic acids is 2. The second-order valence-corrected chi connectivity index (χ2v) is 12.9. The van der Waals surface area contributed by atoms with Crippen molar-refractivity contribution < 1.29 is 28.7 Å². The summed E-state index contributed by atoms with van der Waals surface area (Å²) in [4.78, 5) is 48.9. The number of carbonyl (C=O) groups is 3. The smallest absolute Gasteiger partial charge is 0.335 e. The summed E-state index contributed by atoms with van der Waals surface area (Å²) in [6.07, 6.45) is -0.609. The number of aromatic carboxylic acids is 1. The maximum absolute atomic E-state index is 14.8. The van der Waals surface area contributed by atoms with Crippen molar-refractivity contribution in [2.45, 2.75) is 57.8 Å². The molecule has 0 aliphatic carbocycles. The molecule has 3 aliphatic rings. The van der Waals surface area contributed by atoms with Gasteiger partial charge in [0.25, 0.3) is 11.8 Å². The van der Waals surface area contributed by atoms with Gasteiger partial charge in [0.15, 0.2) is 11.6 Å². The van der Waals surface area contributed by atoms with E-state index >= 15 is 0 Å². The first-order valence-corrected chi connectivity index (χ1v) is 16.4. The number of carboxylic acids is 1. The third-order valence-electron chi connectivity index (χ3n) is 9.17. The molecule has 2 amide bonds. The zero-order chi connectivity index (χ0) is 34.4. The fourth-order valence-corrected chi connectivity index (χ4v) is 6.94. The van der Waals surface area contributed by atoms with Crippen LogP contribution in [-0.2, 0) is 33.9 Å². The largest absolute Gasteiger partial charge is 0.478 e. The average Bonchev–Trinajstić information content (AvgIpc) is 3.76. The highest BCUT2D eigenvalue weighted by Gasteiger charge is 2.42. The number of halogens is 2. The van der Waals surface area contributed by atoms with Crippen molar-refractivity contribution in [3.05, 3.63) is 105 Å². The van der Waals surface area contributed by atoms with Gasteiger partial charge in [-0.25, -0.2) is 9.18 Å². The summed E-state index contributed by atoms with van der Waals surface area (Å²) in [5, 5.41) is 25.0. The molecule has 0 saturated carbocycles. The van der Waals surface area contributed by atoms with Crippen molar-refractivity contribution >= 4 is 46.5 Å². The Balaban J connectivity index is 1.19. The van der Waals surface area contributed by atoms with E-state index in [9.17, 15) is 23.9 Å². The van der Waals surface area contributed by atoms with Crippen molar-refractivity contribution in [3.63, 3.8) is 0 Å². The minimum atomic E-state index is -1.09. The Hall–Kier alpha value is -5.30. The Kier molecular flexibility index (Phi) is 8.53. The molecule has 2 unspecified atom stereocenters. The van der Waals surface area contributed by atoms with Gasteiger partial charge in [-0.05, 0) is 60.0 Å². The van der Waals surface area contributed by atoms with Gasteiger partial charge in [0.05, 0.1) is 22.8 Å². The SMILES string of the molecule is CC(C)c1nnc2n1CCN(c1cccc3c1CCN(C(=O)C1CC(c4cccc(Cl)c4F)=NO1)C3C(=O)Nc1ccc(C(=O)O)cc1)C2. The molecule has 0 radical (unpaired) electrons. The molecule has 4 heterocycles. The summed E-state index contributed by atoms with van der Waals surface area (Å²) in [7, 11) is 0. The second-order valence-electron chi connectivity index (χ2n) is 12.5. The van der Waals surface area contributed by atoms with Gasteiger partial charge < -0.3 is 29.6 Å². The van der Waals surface area contributed by atoms with Crippen LogP contribution in [0.25, 0.3) is 0 Å². The van der Waals surface area contributed by atoms with E-state index in [0.29, 0.717) is 30.8 Å². The molecule has 0 fully saturated rings. The summed E-state index contributed by atoms with van der Waals surface area (Å²) in [6.45, 7) is 6.37. The van der Waals surface area contributed by atoms with Crippen LogP contribution in [0, 0.1) is 5.82 Å². The third kappa shape index (κ3) is 5.99. The van der Waals surface area contributed by atoms with Gasteiger partial charge in [-0.3, -0.25) is 9.59 Å². The van der Waals surface area contributed by atoms with Crippen molar-refractivity contribution in [3.8, 4) is 0 Å². The molecule has 49 heavy (non-hydrogen) atoms. The van der Waals surface area contributed by atoms with E-state index < -0.39 is 35.7 Å². The quantitative estimate of drug-likeness (QED) is 0.271. The summed E-state index contributed by atoms with van der Waals surface area (Å²) >= 11 is 5.98. The van der Waals surface area contributed by atoms with Gasteiger partial charge >= 0.3 is 5.97 Å². The monoisotopic (exact) mass is 685 g/mol.